The number of sulfone groups is 1. The first kappa shape index (κ1) is 17.7. The monoisotopic (exact) mass is 376 g/mol. The number of benzene rings is 2. The first-order chi connectivity index (χ1) is 12.3. The lowest BCUT2D eigenvalue weighted by Gasteiger charge is -2.07. The number of hydrogen-bond acceptors (Lipinski definition) is 5. The van der Waals surface area contributed by atoms with Crippen molar-refractivity contribution in [3.63, 3.8) is 0 Å². The summed E-state index contributed by atoms with van der Waals surface area (Å²) < 4.78 is 30.7. The number of rotatable bonds is 5. The standard InChI is InChI=1S/C17H16N2O6S/c1-2-26(23,24)13-6-7-15-14(9-13)19(17(22)25-15)10-11-4-3-5-12(8-11)18-16(20)21/h3-9,18H,2,10H2,1H3,(H,20,21). The van der Waals surface area contributed by atoms with E-state index in [1.165, 1.54) is 22.8 Å². The van der Waals surface area contributed by atoms with Crippen molar-refractivity contribution in [2.75, 3.05) is 11.1 Å². The zero-order chi connectivity index (χ0) is 18.9. The topological polar surface area (TPSA) is 119 Å². The first-order valence-corrected chi connectivity index (χ1v) is 9.40. The number of oxazole rings is 1. The summed E-state index contributed by atoms with van der Waals surface area (Å²) in [5, 5.41) is 11.0. The molecule has 2 N–H and O–H groups in total. The third-order valence-electron chi connectivity index (χ3n) is 3.90. The van der Waals surface area contributed by atoms with Crippen molar-refractivity contribution in [2.24, 2.45) is 0 Å². The van der Waals surface area contributed by atoms with Crippen molar-refractivity contribution >= 4 is 32.7 Å². The summed E-state index contributed by atoms with van der Waals surface area (Å²) >= 11 is 0. The van der Waals surface area contributed by atoms with Gasteiger partial charge in [0.1, 0.15) is 0 Å². The fourth-order valence-corrected chi connectivity index (χ4v) is 3.51. The molecule has 26 heavy (non-hydrogen) atoms. The van der Waals surface area contributed by atoms with Crippen LogP contribution in [0, 0.1) is 0 Å². The zero-order valence-electron chi connectivity index (χ0n) is 13.8. The lowest BCUT2D eigenvalue weighted by atomic mass is 10.2. The summed E-state index contributed by atoms with van der Waals surface area (Å²) in [6.45, 7) is 1.65. The minimum Gasteiger partial charge on any atom is -0.465 e. The largest absolute Gasteiger partial charge is 0.465 e. The van der Waals surface area contributed by atoms with Crippen LogP contribution in [0.3, 0.4) is 0 Å². The van der Waals surface area contributed by atoms with E-state index in [2.05, 4.69) is 5.32 Å². The SMILES string of the molecule is CCS(=O)(=O)c1ccc2oc(=O)n(Cc3cccc(NC(=O)O)c3)c2c1. The molecule has 0 aliphatic heterocycles. The molecule has 0 unspecified atom stereocenters. The lowest BCUT2D eigenvalue weighted by molar-refractivity contribution is 0.209. The van der Waals surface area contributed by atoms with Gasteiger partial charge in [0.15, 0.2) is 15.4 Å². The fraction of sp³-hybridized carbons (Fsp3) is 0.176. The summed E-state index contributed by atoms with van der Waals surface area (Å²) in [5.74, 6) is -0.675. The van der Waals surface area contributed by atoms with Crippen molar-refractivity contribution in [3.05, 3.63) is 58.6 Å². The second-order valence-corrected chi connectivity index (χ2v) is 7.90. The van der Waals surface area contributed by atoms with Crippen LogP contribution in [0.4, 0.5) is 10.5 Å². The van der Waals surface area contributed by atoms with Crippen molar-refractivity contribution < 1.29 is 22.7 Å². The van der Waals surface area contributed by atoms with E-state index in [0.29, 0.717) is 16.8 Å². The molecular weight excluding hydrogens is 360 g/mol. The average molecular weight is 376 g/mol. The van der Waals surface area contributed by atoms with E-state index in [0.717, 1.165) is 0 Å². The van der Waals surface area contributed by atoms with Gasteiger partial charge in [-0.1, -0.05) is 19.1 Å². The minimum atomic E-state index is -3.42. The van der Waals surface area contributed by atoms with Gasteiger partial charge in [-0.05, 0) is 35.9 Å². The summed E-state index contributed by atoms with van der Waals surface area (Å²) in [6, 6.07) is 10.8. The number of anilines is 1. The predicted molar refractivity (Wildman–Crippen MR) is 95.4 cm³/mol. The van der Waals surface area contributed by atoms with Gasteiger partial charge < -0.3 is 9.52 Å². The van der Waals surface area contributed by atoms with Crippen LogP contribution in [-0.2, 0) is 16.4 Å². The number of amides is 1. The molecule has 0 spiro atoms. The van der Waals surface area contributed by atoms with Gasteiger partial charge in [0.05, 0.1) is 22.7 Å². The van der Waals surface area contributed by atoms with Crippen LogP contribution < -0.4 is 11.1 Å². The molecule has 0 bridgehead atoms. The molecule has 0 saturated carbocycles. The molecule has 0 atom stereocenters. The lowest BCUT2D eigenvalue weighted by Crippen LogP contribution is -2.15. The maximum atomic E-state index is 12.2. The Bertz CT molecular complexity index is 1140. The Morgan fingerprint density at radius 1 is 1.23 bits per heavy atom. The molecule has 3 aromatic rings. The molecule has 1 amide bonds. The number of nitrogens with one attached hydrogen (secondary N) is 1. The number of carbonyl (C=O) groups is 1. The molecule has 0 fully saturated rings. The van der Waals surface area contributed by atoms with Gasteiger partial charge in [0, 0.05) is 5.69 Å². The van der Waals surface area contributed by atoms with Crippen LogP contribution in [0.5, 0.6) is 0 Å². The van der Waals surface area contributed by atoms with Crippen LogP contribution in [-0.4, -0.2) is 29.9 Å². The quantitative estimate of drug-likeness (QED) is 0.706. The highest BCUT2D eigenvalue weighted by atomic mass is 32.2. The van der Waals surface area contributed by atoms with Crippen molar-refractivity contribution in [3.8, 4) is 0 Å². The van der Waals surface area contributed by atoms with Crippen LogP contribution in [0.1, 0.15) is 12.5 Å². The highest BCUT2D eigenvalue weighted by Crippen LogP contribution is 2.21. The molecule has 136 valence electrons. The summed E-state index contributed by atoms with van der Waals surface area (Å²) in [7, 11) is -3.42. The van der Waals surface area contributed by atoms with Crippen LogP contribution >= 0.6 is 0 Å². The second-order valence-electron chi connectivity index (χ2n) is 5.62. The van der Waals surface area contributed by atoms with E-state index in [4.69, 9.17) is 9.52 Å². The smallest absolute Gasteiger partial charge is 0.420 e. The molecule has 3 rings (SSSR count). The number of hydrogen-bond donors (Lipinski definition) is 2. The van der Waals surface area contributed by atoms with E-state index in [1.54, 1.807) is 31.2 Å². The maximum absolute atomic E-state index is 12.2. The minimum absolute atomic E-state index is 0.0521. The molecule has 8 nitrogen and oxygen atoms in total. The second kappa shape index (κ2) is 6.68. The fourth-order valence-electron chi connectivity index (χ4n) is 2.61. The molecular formula is C17H16N2O6S. The molecule has 1 aromatic heterocycles. The molecule has 1 heterocycles. The highest BCUT2D eigenvalue weighted by molar-refractivity contribution is 7.91. The van der Waals surface area contributed by atoms with Crippen LogP contribution in [0.2, 0.25) is 0 Å². The Hall–Kier alpha value is -3.07. The molecule has 0 saturated heterocycles. The summed E-state index contributed by atoms with van der Waals surface area (Å²) in [6.07, 6.45) is -1.19. The van der Waals surface area contributed by atoms with E-state index < -0.39 is 21.7 Å². The van der Waals surface area contributed by atoms with Crippen molar-refractivity contribution in [1.82, 2.24) is 4.57 Å². The Morgan fingerprint density at radius 2 is 2.00 bits per heavy atom. The predicted octanol–water partition coefficient (Wildman–Crippen LogP) is 2.53. The number of aromatic nitrogens is 1. The van der Waals surface area contributed by atoms with E-state index in [-0.39, 0.29) is 22.8 Å². The molecule has 9 heteroatoms. The molecule has 0 aliphatic rings. The third-order valence-corrected chi connectivity index (χ3v) is 5.63. The van der Waals surface area contributed by atoms with Gasteiger partial charge in [-0.25, -0.2) is 18.0 Å². The maximum Gasteiger partial charge on any atom is 0.420 e. The Morgan fingerprint density at radius 3 is 2.69 bits per heavy atom. The van der Waals surface area contributed by atoms with Gasteiger partial charge >= 0.3 is 11.8 Å². The Labute approximate surface area is 148 Å². The van der Waals surface area contributed by atoms with Gasteiger partial charge in [-0.3, -0.25) is 9.88 Å². The van der Waals surface area contributed by atoms with Gasteiger partial charge in [0.25, 0.3) is 0 Å². The Balaban J connectivity index is 2.05. The van der Waals surface area contributed by atoms with E-state index in [1.807, 2.05) is 0 Å². The van der Waals surface area contributed by atoms with E-state index in [9.17, 15) is 18.0 Å². The van der Waals surface area contributed by atoms with E-state index >= 15 is 0 Å². The summed E-state index contributed by atoms with van der Waals surface area (Å²) in [4.78, 5) is 23.0. The first-order valence-electron chi connectivity index (χ1n) is 7.75. The normalized spacial score (nSPS) is 11.6. The number of carboxylic acid groups (broad SMARTS) is 1. The average Bonchev–Trinajstić information content (AvgIpc) is 2.89. The van der Waals surface area contributed by atoms with Crippen LogP contribution in [0.15, 0.2) is 56.6 Å². The van der Waals surface area contributed by atoms with Crippen LogP contribution in [0.25, 0.3) is 11.1 Å². The number of nitrogens with zero attached hydrogens (tertiary/aromatic N) is 1. The molecule has 2 aromatic carbocycles. The van der Waals surface area contributed by atoms with Crippen molar-refractivity contribution in [1.29, 1.82) is 0 Å². The zero-order valence-corrected chi connectivity index (χ0v) is 14.6. The summed E-state index contributed by atoms with van der Waals surface area (Å²) in [5.41, 5.74) is 1.67. The third kappa shape index (κ3) is 3.47. The highest BCUT2D eigenvalue weighted by Gasteiger charge is 2.16. The molecule has 0 radical (unpaired) electrons. The Kier molecular flexibility index (Phi) is 4.56. The van der Waals surface area contributed by atoms with Gasteiger partial charge in [-0.2, -0.15) is 0 Å². The van der Waals surface area contributed by atoms with Gasteiger partial charge in [-0.15, -0.1) is 0 Å². The van der Waals surface area contributed by atoms with Gasteiger partial charge in [0.2, 0.25) is 0 Å². The van der Waals surface area contributed by atoms with Crippen molar-refractivity contribution in [2.45, 2.75) is 18.4 Å². The number of fused-ring (bicyclic) bond motifs is 1. The molecule has 0 aliphatic carbocycles.